The Kier molecular flexibility index (Phi) is 5.82. The van der Waals surface area contributed by atoms with E-state index in [2.05, 4.69) is 10.3 Å². The number of ether oxygens (including phenoxy) is 1. The lowest BCUT2D eigenvalue weighted by Gasteiger charge is -2.29. The Bertz CT molecular complexity index is 975. The Hall–Kier alpha value is -1.92. The van der Waals surface area contributed by atoms with Crippen molar-refractivity contribution >= 4 is 42.6 Å². The quantitative estimate of drug-likeness (QED) is 0.777. The number of thiazole rings is 1. The zero-order chi connectivity index (χ0) is 20.5. The van der Waals surface area contributed by atoms with Gasteiger partial charge in [0.1, 0.15) is 5.75 Å². The number of carbonyl (C=O) groups excluding carboxylic acids is 1. The van der Waals surface area contributed by atoms with Crippen LogP contribution < -0.4 is 10.1 Å². The second-order valence-corrected chi connectivity index (χ2v) is 9.51. The summed E-state index contributed by atoms with van der Waals surface area (Å²) in [5.74, 6) is -0.760. The van der Waals surface area contributed by atoms with Gasteiger partial charge >= 0.3 is 6.18 Å². The summed E-state index contributed by atoms with van der Waals surface area (Å²) in [7, 11) is -3.36. The summed E-state index contributed by atoms with van der Waals surface area (Å²) in [5, 5.41) is 2.97. The van der Waals surface area contributed by atoms with Crippen LogP contribution >= 0.6 is 11.3 Å². The molecule has 0 aliphatic carbocycles. The third-order valence-electron chi connectivity index (χ3n) is 4.22. The van der Waals surface area contributed by atoms with Crippen molar-refractivity contribution < 1.29 is 31.1 Å². The molecule has 1 aliphatic rings. The van der Waals surface area contributed by atoms with E-state index in [9.17, 15) is 26.4 Å². The van der Waals surface area contributed by atoms with Gasteiger partial charge in [-0.05, 0) is 31.0 Å². The first kappa shape index (κ1) is 20.8. The fourth-order valence-electron chi connectivity index (χ4n) is 2.88. The third kappa shape index (κ3) is 5.32. The van der Waals surface area contributed by atoms with Gasteiger partial charge in [-0.3, -0.25) is 4.79 Å². The summed E-state index contributed by atoms with van der Waals surface area (Å²) in [6.07, 6.45) is -2.16. The first-order valence-electron chi connectivity index (χ1n) is 8.37. The van der Waals surface area contributed by atoms with E-state index in [0.29, 0.717) is 34.7 Å². The fraction of sp³-hybridized carbons (Fsp3) is 0.500. The second-order valence-electron chi connectivity index (χ2n) is 6.50. The number of hydrogen-bond acceptors (Lipinski definition) is 6. The van der Waals surface area contributed by atoms with Crippen LogP contribution in [0, 0.1) is 5.92 Å². The number of hydrogen-bond donors (Lipinski definition) is 1. The normalized spacial score (nSPS) is 18.9. The molecular formula is C16H18F3N3O4S2. The largest absolute Gasteiger partial charge is 0.484 e. The lowest BCUT2D eigenvalue weighted by Crippen LogP contribution is -2.43. The van der Waals surface area contributed by atoms with Crippen molar-refractivity contribution in [3.8, 4) is 5.75 Å². The molecule has 0 spiro atoms. The molecule has 2 aromatic rings. The van der Waals surface area contributed by atoms with Crippen molar-refractivity contribution in [1.29, 1.82) is 0 Å². The maximum absolute atomic E-state index is 12.5. The van der Waals surface area contributed by atoms with Gasteiger partial charge in [0, 0.05) is 13.1 Å². The molecule has 1 fully saturated rings. The van der Waals surface area contributed by atoms with Gasteiger partial charge in [0.25, 0.3) is 0 Å². The maximum Gasteiger partial charge on any atom is 0.422 e. The molecule has 1 aromatic heterocycles. The van der Waals surface area contributed by atoms with E-state index in [1.807, 2.05) is 0 Å². The Morgan fingerprint density at radius 3 is 2.86 bits per heavy atom. The van der Waals surface area contributed by atoms with E-state index in [1.54, 1.807) is 0 Å². The summed E-state index contributed by atoms with van der Waals surface area (Å²) < 4.78 is 66.7. The highest BCUT2D eigenvalue weighted by atomic mass is 32.2. The Morgan fingerprint density at radius 2 is 2.18 bits per heavy atom. The lowest BCUT2D eigenvalue weighted by atomic mass is 9.99. The molecule has 1 N–H and O–H groups in total. The topological polar surface area (TPSA) is 88.6 Å². The van der Waals surface area contributed by atoms with Crippen molar-refractivity contribution in [1.82, 2.24) is 9.29 Å². The van der Waals surface area contributed by atoms with Crippen LogP contribution in [0.4, 0.5) is 18.3 Å². The SMILES string of the molecule is CS(=O)(=O)N1CCCC(C(=O)Nc2nc3ccc(OCC(F)(F)F)cc3s2)C1. The van der Waals surface area contributed by atoms with Gasteiger partial charge in [-0.25, -0.2) is 17.7 Å². The van der Waals surface area contributed by atoms with E-state index in [4.69, 9.17) is 4.74 Å². The van der Waals surface area contributed by atoms with Gasteiger partial charge in [0.2, 0.25) is 15.9 Å². The van der Waals surface area contributed by atoms with E-state index in [1.165, 1.54) is 22.5 Å². The zero-order valence-corrected chi connectivity index (χ0v) is 16.5. The summed E-state index contributed by atoms with van der Waals surface area (Å²) in [6, 6.07) is 4.32. The summed E-state index contributed by atoms with van der Waals surface area (Å²) >= 11 is 1.11. The van der Waals surface area contributed by atoms with Crippen LogP contribution in [0.1, 0.15) is 12.8 Å². The molecule has 1 amide bonds. The van der Waals surface area contributed by atoms with Crippen LogP contribution in [0.15, 0.2) is 18.2 Å². The van der Waals surface area contributed by atoms with E-state index >= 15 is 0 Å². The van der Waals surface area contributed by atoms with Crippen LogP contribution in [0.5, 0.6) is 5.75 Å². The molecule has 1 atom stereocenters. The smallest absolute Gasteiger partial charge is 0.422 e. The van der Waals surface area contributed by atoms with Gasteiger partial charge in [0.05, 0.1) is 22.4 Å². The van der Waals surface area contributed by atoms with E-state index in [-0.39, 0.29) is 18.2 Å². The van der Waals surface area contributed by atoms with Gasteiger partial charge in [-0.1, -0.05) is 11.3 Å². The third-order valence-corrected chi connectivity index (χ3v) is 6.42. The maximum atomic E-state index is 12.5. The molecular weight excluding hydrogens is 419 g/mol. The number of amides is 1. The predicted molar refractivity (Wildman–Crippen MR) is 98.9 cm³/mol. The molecule has 2 heterocycles. The molecule has 0 saturated carbocycles. The number of alkyl halides is 3. The highest BCUT2D eigenvalue weighted by molar-refractivity contribution is 7.88. The lowest BCUT2D eigenvalue weighted by molar-refractivity contribution is -0.153. The first-order chi connectivity index (χ1) is 13.0. The average molecular weight is 437 g/mol. The number of aromatic nitrogens is 1. The number of benzene rings is 1. The molecule has 0 radical (unpaired) electrons. The molecule has 1 aliphatic heterocycles. The average Bonchev–Trinajstić information content (AvgIpc) is 3.00. The Labute approximate surface area is 163 Å². The van der Waals surface area contributed by atoms with Crippen LogP contribution in [-0.4, -0.2) is 55.7 Å². The predicted octanol–water partition coefficient (Wildman–Crippen LogP) is 2.85. The molecule has 7 nitrogen and oxygen atoms in total. The highest BCUT2D eigenvalue weighted by Crippen LogP contribution is 2.31. The van der Waals surface area contributed by atoms with Crippen LogP contribution in [-0.2, 0) is 14.8 Å². The molecule has 28 heavy (non-hydrogen) atoms. The minimum atomic E-state index is -4.43. The van der Waals surface area contributed by atoms with Gasteiger partial charge in [0.15, 0.2) is 11.7 Å². The minimum absolute atomic E-state index is 0.0578. The zero-order valence-electron chi connectivity index (χ0n) is 14.8. The van der Waals surface area contributed by atoms with Crippen LogP contribution in [0.2, 0.25) is 0 Å². The standard InChI is InChI=1S/C16H18F3N3O4S2/c1-28(24,25)22-6-2-3-10(8-22)14(23)21-15-20-12-5-4-11(7-13(12)27-15)26-9-16(17,18)19/h4-5,7,10H,2-3,6,8-9H2,1H3,(H,20,21,23). The number of nitrogens with zero attached hydrogens (tertiary/aromatic N) is 2. The number of carbonyl (C=O) groups is 1. The van der Waals surface area contributed by atoms with Crippen molar-refractivity contribution in [3.63, 3.8) is 0 Å². The Balaban J connectivity index is 1.67. The molecule has 154 valence electrons. The number of anilines is 1. The monoisotopic (exact) mass is 437 g/mol. The first-order valence-corrected chi connectivity index (χ1v) is 11.0. The van der Waals surface area contributed by atoms with Crippen molar-refractivity contribution in [2.75, 3.05) is 31.3 Å². The number of nitrogens with one attached hydrogen (secondary N) is 1. The number of halogens is 3. The van der Waals surface area contributed by atoms with Crippen molar-refractivity contribution in [2.24, 2.45) is 5.92 Å². The van der Waals surface area contributed by atoms with Crippen molar-refractivity contribution in [2.45, 2.75) is 19.0 Å². The summed E-state index contributed by atoms with van der Waals surface area (Å²) in [4.78, 5) is 16.7. The van der Waals surface area contributed by atoms with Crippen molar-refractivity contribution in [3.05, 3.63) is 18.2 Å². The van der Waals surface area contributed by atoms with Crippen LogP contribution in [0.25, 0.3) is 10.2 Å². The number of fused-ring (bicyclic) bond motifs is 1. The Morgan fingerprint density at radius 1 is 1.43 bits per heavy atom. The van der Waals surface area contributed by atoms with E-state index < -0.39 is 28.7 Å². The molecule has 1 saturated heterocycles. The van der Waals surface area contributed by atoms with Gasteiger partial charge in [-0.15, -0.1) is 0 Å². The minimum Gasteiger partial charge on any atom is -0.484 e. The number of sulfonamides is 1. The fourth-order valence-corrected chi connectivity index (χ4v) is 4.69. The number of rotatable bonds is 5. The molecule has 1 unspecified atom stereocenters. The summed E-state index contributed by atoms with van der Waals surface area (Å²) in [5.41, 5.74) is 0.515. The molecule has 3 rings (SSSR count). The molecule has 0 bridgehead atoms. The molecule has 1 aromatic carbocycles. The highest BCUT2D eigenvalue weighted by Gasteiger charge is 2.31. The number of piperidine rings is 1. The second kappa shape index (κ2) is 7.84. The summed E-state index contributed by atoms with van der Waals surface area (Å²) in [6.45, 7) is -0.880. The van der Waals surface area contributed by atoms with Crippen LogP contribution in [0.3, 0.4) is 0 Å². The molecule has 12 heteroatoms. The van der Waals surface area contributed by atoms with E-state index in [0.717, 1.165) is 17.6 Å². The van der Waals surface area contributed by atoms with Gasteiger partial charge in [-0.2, -0.15) is 13.2 Å². The van der Waals surface area contributed by atoms with Gasteiger partial charge < -0.3 is 10.1 Å².